The van der Waals surface area contributed by atoms with Gasteiger partial charge in [-0.15, -0.1) is 0 Å². The molecule has 1 atom stereocenters. The number of amides is 5. The van der Waals surface area contributed by atoms with Gasteiger partial charge >= 0.3 is 6.03 Å². The number of methoxy groups -OCH3 is 1. The summed E-state index contributed by atoms with van der Waals surface area (Å²) in [6, 6.07) is 14.9. The molecule has 5 amide bonds. The van der Waals surface area contributed by atoms with Crippen LogP contribution in [0, 0.1) is 0 Å². The lowest BCUT2D eigenvalue weighted by Gasteiger charge is -2.31. The first kappa shape index (κ1) is 22.1. The van der Waals surface area contributed by atoms with Gasteiger partial charge in [0.15, 0.2) is 5.54 Å². The van der Waals surface area contributed by atoms with Gasteiger partial charge in [0.1, 0.15) is 11.4 Å². The standard InChI is InChI=1S/C25H21N5O5/c1-35-18-8-4-16-12-30(22(32)19(16)10-18)13-25(23(33)28-24(34)29-25)17-6-2-14(3-7-17)15-5-9-20(21(26)31)27-11-15/h2-11H,12-13H2,1H3,(H2,26,31)(H2,28,29,33,34)/t25-/m0/s1. The van der Waals surface area contributed by atoms with Crippen LogP contribution in [0.1, 0.15) is 32.0 Å². The normalized spacial score (nSPS) is 18.8. The molecule has 2 aliphatic heterocycles. The van der Waals surface area contributed by atoms with Crippen molar-refractivity contribution in [1.29, 1.82) is 0 Å². The van der Waals surface area contributed by atoms with Gasteiger partial charge in [-0.2, -0.15) is 0 Å². The summed E-state index contributed by atoms with van der Waals surface area (Å²) in [7, 11) is 1.53. The first-order valence-electron chi connectivity index (χ1n) is 10.8. The molecule has 35 heavy (non-hydrogen) atoms. The summed E-state index contributed by atoms with van der Waals surface area (Å²) in [5, 5.41) is 5.02. The maximum atomic E-state index is 13.1. The number of aromatic nitrogens is 1. The number of benzene rings is 2. The van der Waals surface area contributed by atoms with Gasteiger partial charge in [0.05, 0.1) is 13.7 Å². The Hall–Kier alpha value is -4.73. The number of pyridine rings is 1. The molecular weight excluding hydrogens is 450 g/mol. The molecule has 3 aromatic rings. The molecule has 1 aromatic heterocycles. The fourth-order valence-corrected chi connectivity index (χ4v) is 4.44. The second kappa shape index (κ2) is 8.24. The topological polar surface area (TPSA) is 144 Å². The average molecular weight is 471 g/mol. The zero-order valence-electron chi connectivity index (χ0n) is 18.7. The predicted molar refractivity (Wildman–Crippen MR) is 124 cm³/mol. The number of hydrogen-bond acceptors (Lipinski definition) is 6. The van der Waals surface area contributed by atoms with Gasteiger partial charge in [-0.3, -0.25) is 24.7 Å². The molecule has 0 spiro atoms. The van der Waals surface area contributed by atoms with Gasteiger partial charge < -0.3 is 20.7 Å². The molecule has 3 heterocycles. The minimum Gasteiger partial charge on any atom is -0.497 e. The van der Waals surface area contributed by atoms with Gasteiger partial charge in [-0.05, 0) is 34.9 Å². The van der Waals surface area contributed by atoms with E-state index in [-0.39, 0.29) is 18.1 Å². The minimum absolute atomic E-state index is 0.0470. The van der Waals surface area contributed by atoms with E-state index in [4.69, 9.17) is 10.5 Å². The number of primary amides is 1. The van der Waals surface area contributed by atoms with E-state index in [2.05, 4.69) is 15.6 Å². The Kier molecular flexibility index (Phi) is 5.20. The van der Waals surface area contributed by atoms with Crippen LogP contribution in [0.25, 0.3) is 11.1 Å². The molecule has 0 saturated carbocycles. The Bertz CT molecular complexity index is 1370. The van der Waals surface area contributed by atoms with Crippen LogP contribution in [-0.2, 0) is 16.9 Å². The molecular formula is C25H21N5O5. The highest BCUT2D eigenvalue weighted by molar-refractivity contribution is 6.08. The van der Waals surface area contributed by atoms with Gasteiger partial charge in [0.25, 0.3) is 17.7 Å². The molecule has 1 saturated heterocycles. The number of carbonyl (C=O) groups is 4. The molecule has 2 aliphatic rings. The molecule has 0 unspecified atom stereocenters. The van der Waals surface area contributed by atoms with Crippen molar-refractivity contribution in [3.05, 3.63) is 83.2 Å². The number of carbonyl (C=O) groups excluding carboxylic acids is 4. The SMILES string of the molecule is COc1ccc2c(c1)C(=O)N(C[C@@]1(c3ccc(-c4ccc(C(N)=O)nc4)cc3)NC(=O)NC1=O)C2. The van der Waals surface area contributed by atoms with Crippen LogP contribution in [0.15, 0.2) is 60.8 Å². The second-order valence-electron chi connectivity index (χ2n) is 8.37. The smallest absolute Gasteiger partial charge is 0.322 e. The van der Waals surface area contributed by atoms with Crippen molar-refractivity contribution >= 4 is 23.8 Å². The zero-order chi connectivity index (χ0) is 24.7. The number of fused-ring (bicyclic) bond motifs is 1. The van der Waals surface area contributed by atoms with Gasteiger partial charge in [0.2, 0.25) is 0 Å². The number of ether oxygens (including phenoxy) is 1. The Balaban J connectivity index is 1.45. The molecule has 1 fully saturated rings. The van der Waals surface area contributed by atoms with E-state index in [0.717, 1.165) is 16.7 Å². The van der Waals surface area contributed by atoms with Crippen LogP contribution in [0.5, 0.6) is 5.75 Å². The van der Waals surface area contributed by atoms with E-state index in [1.165, 1.54) is 24.3 Å². The Labute approximate surface area is 200 Å². The largest absolute Gasteiger partial charge is 0.497 e. The molecule has 176 valence electrons. The Morgan fingerprint density at radius 1 is 1.09 bits per heavy atom. The van der Waals surface area contributed by atoms with Crippen molar-refractivity contribution in [1.82, 2.24) is 20.5 Å². The first-order chi connectivity index (χ1) is 16.8. The quantitative estimate of drug-likeness (QED) is 0.466. The third-order valence-electron chi connectivity index (χ3n) is 6.29. The van der Waals surface area contributed by atoms with Gasteiger partial charge in [-0.1, -0.05) is 36.4 Å². The molecule has 10 nitrogen and oxygen atoms in total. The highest BCUT2D eigenvalue weighted by Gasteiger charge is 2.50. The van der Waals surface area contributed by atoms with Crippen molar-refractivity contribution in [2.45, 2.75) is 12.1 Å². The molecule has 0 radical (unpaired) electrons. The number of nitrogens with two attached hydrogens (primary N) is 1. The monoisotopic (exact) mass is 471 g/mol. The molecule has 10 heteroatoms. The van der Waals surface area contributed by atoms with Crippen molar-refractivity contribution in [2.75, 3.05) is 13.7 Å². The third kappa shape index (κ3) is 3.74. The van der Waals surface area contributed by atoms with Crippen LogP contribution in [0.2, 0.25) is 0 Å². The van der Waals surface area contributed by atoms with Crippen molar-refractivity contribution < 1.29 is 23.9 Å². The van der Waals surface area contributed by atoms with Crippen molar-refractivity contribution in [3.63, 3.8) is 0 Å². The summed E-state index contributed by atoms with van der Waals surface area (Å²) < 4.78 is 5.22. The summed E-state index contributed by atoms with van der Waals surface area (Å²) >= 11 is 0. The lowest BCUT2D eigenvalue weighted by atomic mass is 9.88. The van der Waals surface area contributed by atoms with Crippen molar-refractivity contribution in [3.8, 4) is 16.9 Å². The number of urea groups is 1. The Morgan fingerprint density at radius 3 is 2.43 bits per heavy atom. The predicted octanol–water partition coefficient (Wildman–Crippen LogP) is 1.55. The van der Waals surface area contributed by atoms with E-state index < -0.39 is 23.4 Å². The first-order valence-corrected chi connectivity index (χ1v) is 10.8. The molecule has 5 rings (SSSR count). The Morgan fingerprint density at radius 2 is 1.83 bits per heavy atom. The minimum atomic E-state index is -1.45. The van der Waals surface area contributed by atoms with Crippen LogP contribution >= 0.6 is 0 Å². The molecule has 0 bridgehead atoms. The maximum absolute atomic E-state index is 13.1. The van der Waals surface area contributed by atoms with E-state index in [9.17, 15) is 19.2 Å². The lowest BCUT2D eigenvalue weighted by molar-refractivity contribution is -0.124. The van der Waals surface area contributed by atoms with Crippen LogP contribution < -0.4 is 21.1 Å². The third-order valence-corrected chi connectivity index (χ3v) is 6.29. The number of nitrogens with one attached hydrogen (secondary N) is 2. The highest BCUT2D eigenvalue weighted by atomic mass is 16.5. The second-order valence-corrected chi connectivity index (χ2v) is 8.37. The summed E-state index contributed by atoms with van der Waals surface area (Å²) in [5.74, 6) is -0.836. The summed E-state index contributed by atoms with van der Waals surface area (Å²) in [6.45, 7) is 0.258. The molecule has 0 aliphatic carbocycles. The summed E-state index contributed by atoms with van der Waals surface area (Å²) in [4.78, 5) is 55.1. The molecule has 2 aromatic carbocycles. The fraction of sp³-hybridized carbons (Fsp3) is 0.160. The van der Waals surface area contributed by atoms with E-state index in [1.807, 2.05) is 6.07 Å². The summed E-state index contributed by atoms with van der Waals surface area (Å²) in [5.41, 5.74) is 7.32. The number of imide groups is 1. The van der Waals surface area contributed by atoms with E-state index >= 15 is 0 Å². The number of hydrogen-bond donors (Lipinski definition) is 3. The van der Waals surface area contributed by atoms with Gasteiger partial charge in [0, 0.05) is 23.9 Å². The lowest BCUT2D eigenvalue weighted by Crippen LogP contribution is -2.52. The van der Waals surface area contributed by atoms with E-state index in [1.54, 1.807) is 42.5 Å². The average Bonchev–Trinajstić information content (AvgIpc) is 3.33. The summed E-state index contributed by atoms with van der Waals surface area (Å²) in [6.07, 6.45) is 1.53. The fourth-order valence-electron chi connectivity index (χ4n) is 4.44. The zero-order valence-corrected chi connectivity index (χ0v) is 18.7. The van der Waals surface area contributed by atoms with Crippen LogP contribution in [-0.4, -0.2) is 47.3 Å². The maximum Gasteiger partial charge on any atom is 0.322 e. The van der Waals surface area contributed by atoms with Gasteiger partial charge in [-0.25, -0.2) is 4.79 Å². The highest BCUT2D eigenvalue weighted by Crippen LogP contribution is 2.33. The number of nitrogens with zero attached hydrogens (tertiary/aromatic N) is 2. The number of rotatable bonds is 6. The van der Waals surface area contributed by atoms with E-state index in [0.29, 0.717) is 23.4 Å². The molecule has 4 N–H and O–H groups in total. The van der Waals surface area contributed by atoms with Crippen LogP contribution in [0.3, 0.4) is 0 Å². The van der Waals surface area contributed by atoms with Crippen LogP contribution in [0.4, 0.5) is 4.79 Å². The van der Waals surface area contributed by atoms with Crippen molar-refractivity contribution in [2.24, 2.45) is 5.73 Å².